The Morgan fingerprint density at radius 3 is 2.57 bits per heavy atom. The van der Waals surface area contributed by atoms with Crippen LogP contribution in [0.25, 0.3) is 0 Å². The topological polar surface area (TPSA) is 47.9 Å². The summed E-state index contributed by atoms with van der Waals surface area (Å²) in [6, 6.07) is 0. The lowest BCUT2D eigenvalue weighted by atomic mass is 10.9. The summed E-state index contributed by atoms with van der Waals surface area (Å²) < 4.78 is 0. The zero-order valence-corrected chi connectivity index (χ0v) is 4.09. The summed E-state index contributed by atoms with van der Waals surface area (Å²) in [4.78, 5) is 8.10. The van der Waals surface area contributed by atoms with Crippen molar-refractivity contribution in [2.75, 3.05) is 13.4 Å². The first-order valence-corrected chi connectivity index (χ1v) is 1.93. The quantitative estimate of drug-likeness (QED) is 0.235. The van der Waals surface area contributed by atoms with Crippen LogP contribution in [0.15, 0.2) is 0 Å². The van der Waals surface area contributed by atoms with Gasteiger partial charge in [-0.3, -0.25) is 0 Å². The number of hydrogen-bond donors (Lipinski definition) is 1. The minimum absolute atomic E-state index is 0.403. The molecule has 0 saturated carbocycles. The van der Waals surface area contributed by atoms with E-state index in [4.69, 9.17) is 5.11 Å². The van der Waals surface area contributed by atoms with Crippen molar-refractivity contribution in [1.82, 2.24) is 0 Å². The van der Waals surface area contributed by atoms with E-state index in [1.54, 1.807) is 6.92 Å². The molecule has 0 fully saturated rings. The van der Waals surface area contributed by atoms with Crippen LogP contribution in [0.1, 0.15) is 6.92 Å². The number of hydrogen-bond acceptors (Lipinski definition) is 4. The molecular weight excluding hydrogens is 100 g/mol. The Labute approximate surface area is 41.5 Å². The van der Waals surface area contributed by atoms with Crippen LogP contribution in [0.2, 0.25) is 0 Å². The lowest BCUT2D eigenvalue weighted by Crippen LogP contribution is -1.95. The van der Waals surface area contributed by atoms with Crippen molar-refractivity contribution in [3.05, 3.63) is 0 Å². The first kappa shape index (κ1) is 6.84. The van der Waals surface area contributed by atoms with Crippen LogP contribution < -0.4 is 0 Å². The fraction of sp³-hybridized carbons (Fsp3) is 1.00. The number of aliphatic hydroxyl groups is 1. The van der Waals surface area contributed by atoms with E-state index in [2.05, 4.69) is 14.8 Å². The van der Waals surface area contributed by atoms with Crippen molar-refractivity contribution < 1.29 is 19.9 Å². The average Bonchev–Trinajstić information content (AvgIpc) is 1.69. The highest BCUT2D eigenvalue weighted by atomic mass is 17.5. The van der Waals surface area contributed by atoms with Crippen LogP contribution in [-0.2, 0) is 14.8 Å². The van der Waals surface area contributed by atoms with Crippen LogP contribution in [0, 0.1) is 0 Å². The summed E-state index contributed by atoms with van der Waals surface area (Å²) in [5, 5.41) is 11.7. The van der Waals surface area contributed by atoms with E-state index < -0.39 is 6.79 Å². The molecule has 0 aromatic rings. The zero-order valence-electron chi connectivity index (χ0n) is 4.09. The van der Waals surface area contributed by atoms with E-state index in [-0.39, 0.29) is 0 Å². The molecular formula is C3H8O4. The fourth-order valence-electron chi connectivity index (χ4n) is 0.104. The third-order valence-electron chi connectivity index (χ3n) is 0.267. The molecule has 0 aromatic heterocycles. The molecule has 44 valence electrons. The minimum atomic E-state index is -0.486. The SMILES string of the molecule is CCOOOCO. The normalized spacial score (nSPS) is 9.43. The third kappa shape index (κ3) is 5.84. The second kappa shape index (κ2) is 5.84. The predicted molar refractivity (Wildman–Crippen MR) is 20.9 cm³/mol. The molecule has 0 bridgehead atoms. The molecule has 4 heteroatoms. The smallest absolute Gasteiger partial charge is 0.181 e. The predicted octanol–water partition coefficient (Wildman–Crippen LogP) is -0.164. The van der Waals surface area contributed by atoms with Gasteiger partial charge in [-0.1, -0.05) is 5.04 Å². The summed E-state index contributed by atoms with van der Waals surface area (Å²) in [6.07, 6.45) is 0. The molecule has 0 aliphatic heterocycles. The van der Waals surface area contributed by atoms with E-state index in [1.165, 1.54) is 0 Å². The largest absolute Gasteiger partial charge is 0.368 e. The molecule has 7 heavy (non-hydrogen) atoms. The van der Waals surface area contributed by atoms with Crippen molar-refractivity contribution in [3.8, 4) is 0 Å². The highest BCUT2D eigenvalue weighted by molar-refractivity contribution is 3.90. The van der Waals surface area contributed by atoms with Crippen molar-refractivity contribution in [2.24, 2.45) is 0 Å². The van der Waals surface area contributed by atoms with Crippen LogP contribution in [0.5, 0.6) is 0 Å². The standard InChI is InChI=1S/C3H8O4/c1-2-5-7-6-3-4/h4H,2-3H2,1H3. The maximum absolute atomic E-state index is 7.87. The van der Waals surface area contributed by atoms with Gasteiger partial charge < -0.3 is 5.11 Å². The summed E-state index contributed by atoms with van der Waals surface area (Å²) in [7, 11) is 0. The molecule has 0 amide bonds. The van der Waals surface area contributed by atoms with Crippen molar-refractivity contribution in [2.45, 2.75) is 6.92 Å². The van der Waals surface area contributed by atoms with Gasteiger partial charge in [-0.05, 0) is 6.92 Å². The summed E-state index contributed by atoms with van der Waals surface area (Å²) in [6.45, 7) is 1.65. The maximum atomic E-state index is 7.87. The monoisotopic (exact) mass is 108 g/mol. The Bertz CT molecular complexity index is 26.1. The Kier molecular flexibility index (Phi) is 5.71. The van der Waals surface area contributed by atoms with E-state index in [1.807, 2.05) is 0 Å². The van der Waals surface area contributed by atoms with Crippen LogP contribution in [-0.4, -0.2) is 18.5 Å². The zero-order chi connectivity index (χ0) is 5.54. The molecule has 0 atom stereocenters. The lowest BCUT2D eigenvalue weighted by molar-refractivity contribution is -0.524. The molecule has 0 rings (SSSR count). The van der Waals surface area contributed by atoms with Gasteiger partial charge >= 0.3 is 0 Å². The molecule has 0 heterocycles. The van der Waals surface area contributed by atoms with Gasteiger partial charge in [-0.25, -0.2) is 4.89 Å². The van der Waals surface area contributed by atoms with E-state index in [0.29, 0.717) is 6.61 Å². The van der Waals surface area contributed by atoms with Gasteiger partial charge in [0.25, 0.3) is 0 Å². The molecule has 0 aliphatic rings. The molecule has 0 spiro atoms. The van der Waals surface area contributed by atoms with Crippen molar-refractivity contribution in [3.63, 3.8) is 0 Å². The van der Waals surface area contributed by atoms with Crippen LogP contribution in [0.4, 0.5) is 0 Å². The first-order valence-electron chi connectivity index (χ1n) is 1.93. The van der Waals surface area contributed by atoms with Crippen molar-refractivity contribution in [1.29, 1.82) is 0 Å². The van der Waals surface area contributed by atoms with Gasteiger partial charge in [0.1, 0.15) is 0 Å². The van der Waals surface area contributed by atoms with E-state index in [0.717, 1.165) is 0 Å². The second-order valence-electron chi connectivity index (χ2n) is 0.722. The Morgan fingerprint density at radius 2 is 2.14 bits per heavy atom. The Hall–Kier alpha value is -0.160. The molecule has 0 saturated heterocycles. The summed E-state index contributed by atoms with van der Waals surface area (Å²) in [5.41, 5.74) is 0. The molecule has 0 aliphatic carbocycles. The van der Waals surface area contributed by atoms with Gasteiger partial charge in [0.15, 0.2) is 6.79 Å². The summed E-state index contributed by atoms with van der Waals surface area (Å²) >= 11 is 0. The highest BCUT2D eigenvalue weighted by Gasteiger charge is 1.78. The van der Waals surface area contributed by atoms with Gasteiger partial charge in [0, 0.05) is 0 Å². The minimum Gasteiger partial charge on any atom is -0.368 e. The molecule has 1 N–H and O–H groups in total. The average molecular weight is 108 g/mol. The Balaban J connectivity index is 2.45. The lowest BCUT2D eigenvalue weighted by Gasteiger charge is -1.93. The molecule has 0 aromatic carbocycles. The fourth-order valence-corrected chi connectivity index (χ4v) is 0.104. The van der Waals surface area contributed by atoms with E-state index >= 15 is 0 Å². The second-order valence-corrected chi connectivity index (χ2v) is 0.722. The van der Waals surface area contributed by atoms with Crippen molar-refractivity contribution >= 4 is 0 Å². The van der Waals surface area contributed by atoms with Gasteiger partial charge in [-0.15, -0.1) is 0 Å². The molecule has 4 nitrogen and oxygen atoms in total. The van der Waals surface area contributed by atoms with Gasteiger partial charge in [0.05, 0.1) is 6.61 Å². The number of rotatable bonds is 4. The van der Waals surface area contributed by atoms with Gasteiger partial charge in [-0.2, -0.15) is 4.89 Å². The number of aliphatic hydroxyl groups excluding tert-OH is 1. The highest BCUT2D eigenvalue weighted by Crippen LogP contribution is 1.75. The third-order valence-corrected chi connectivity index (χ3v) is 0.267. The molecule has 0 unspecified atom stereocenters. The van der Waals surface area contributed by atoms with Crippen LogP contribution in [0.3, 0.4) is 0 Å². The van der Waals surface area contributed by atoms with E-state index in [9.17, 15) is 0 Å². The Morgan fingerprint density at radius 1 is 1.43 bits per heavy atom. The summed E-state index contributed by atoms with van der Waals surface area (Å²) in [5.74, 6) is 0. The van der Waals surface area contributed by atoms with Crippen LogP contribution >= 0.6 is 0 Å². The first-order chi connectivity index (χ1) is 3.41. The maximum Gasteiger partial charge on any atom is 0.181 e. The van der Waals surface area contributed by atoms with Gasteiger partial charge in [0.2, 0.25) is 0 Å². The molecule has 0 radical (unpaired) electrons.